The van der Waals surface area contributed by atoms with E-state index in [2.05, 4.69) is 166 Å². The number of rotatable bonds is 4. The summed E-state index contributed by atoms with van der Waals surface area (Å²) in [5.41, 5.74) is 7.72. The number of para-hydroxylation sites is 3. The number of hydrogen-bond acceptors (Lipinski definition) is 4. The average molecular weight is 700 g/mol. The topological polar surface area (TPSA) is 47.6 Å². The molecule has 10 aromatic rings. The van der Waals surface area contributed by atoms with E-state index in [0.717, 1.165) is 56.3 Å². The van der Waals surface area contributed by atoms with Gasteiger partial charge in [0.25, 0.3) is 0 Å². The van der Waals surface area contributed by atoms with Crippen LogP contribution in [0.5, 0.6) is 11.5 Å². The summed E-state index contributed by atoms with van der Waals surface area (Å²) in [6.45, 7) is 4.90. The van der Waals surface area contributed by atoms with Gasteiger partial charge in [0.15, 0.2) is 0 Å². The van der Waals surface area contributed by atoms with Gasteiger partial charge >= 0.3 is 0 Å². The highest BCUT2D eigenvalue weighted by Crippen LogP contribution is 2.43. The number of pyridine rings is 2. The SMILES string of the molecule is C[Si]1(C)c2cc3c4ccccc4n(-c4ccccc4)c3cc2N(c2cccc(Oc3ccc4c5ccccc5n5ccnc5c4c3)c2)c2ncccc21. The summed E-state index contributed by atoms with van der Waals surface area (Å²) in [6, 6.07) is 51.8. The fraction of sp³-hybridized carbons (Fsp3) is 0.0435. The third kappa shape index (κ3) is 4.38. The molecule has 6 aromatic carbocycles. The highest BCUT2D eigenvalue weighted by Gasteiger charge is 2.40. The van der Waals surface area contributed by atoms with Crippen molar-refractivity contribution < 1.29 is 4.74 Å². The Hall–Kier alpha value is -6.70. The minimum absolute atomic E-state index is 0.752. The quantitative estimate of drug-likeness (QED) is 0.136. The molecule has 0 unspecified atom stereocenters. The molecule has 4 aromatic heterocycles. The van der Waals surface area contributed by atoms with E-state index in [-0.39, 0.29) is 0 Å². The summed E-state index contributed by atoms with van der Waals surface area (Å²) in [5, 5.41) is 8.62. The second-order valence-corrected chi connectivity index (χ2v) is 18.7. The first kappa shape index (κ1) is 30.0. The van der Waals surface area contributed by atoms with Gasteiger partial charge in [0.05, 0.1) is 22.2 Å². The maximum atomic E-state index is 6.68. The number of nitrogens with zero attached hydrogens (tertiary/aromatic N) is 5. The van der Waals surface area contributed by atoms with Gasteiger partial charge in [0, 0.05) is 57.6 Å². The lowest BCUT2D eigenvalue weighted by atomic mass is 10.1. The van der Waals surface area contributed by atoms with Crippen LogP contribution in [-0.2, 0) is 0 Å². The first-order valence-electron chi connectivity index (χ1n) is 18.0. The number of benzene rings is 6. The van der Waals surface area contributed by atoms with Crippen LogP contribution in [0.4, 0.5) is 17.2 Å². The molecule has 11 rings (SSSR count). The Balaban J connectivity index is 1.09. The molecule has 252 valence electrons. The standard InChI is InChI=1S/C46H33N5OSi/c1-53(2)43-20-11-23-47-46(43)51(42-29-41-37(28-44(42)53)36-17-7-9-19-40(36)50(41)30-12-4-3-5-13-30)31-14-10-15-32(26-31)52-33-21-22-34-35-16-6-8-18-39(35)49-25-24-48-45(49)38(34)27-33/h3-29H,1-2H3. The predicted octanol–water partition coefficient (Wildman–Crippen LogP) is 10.5. The lowest BCUT2D eigenvalue weighted by Gasteiger charge is -2.40. The lowest BCUT2D eigenvalue weighted by Crippen LogP contribution is -2.58. The number of anilines is 3. The molecule has 0 amide bonds. The Kier molecular flexibility index (Phi) is 6.30. The van der Waals surface area contributed by atoms with Crippen LogP contribution < -0.4 is 20.0 Å². The fourth-order valence-electron chi connectivity index (χ4n) is 8.57. The molecule has 0 aliphatic carbocycles. The highest BCUT2D eigenvalue weighted by molar-refractivity contribution is 7.02. The van der Waals surface area contributed by atoms with Gasteiger partial charge in [0.1, 0.15) is 31.0 Å². The van der Waals surface area contributed by atoms with Crippen LogP contribution >= 0.6 is 0 Å². The number of fused-ring (bicyclic) bond motifs is 11. The van der Waals surface area contributed by atoms with Crippen molar-refractivity contribution in [2.45, 2.75) is 13.1 Å². The van der Waals surface area contributed by atoms with Gasteiger partial charge in [-0.05, 0) is 82.5 Å². The summed E-state index contributed by atoms with van der Waals surface area (Å²) in [5.74, 6) is 2.49. The van der Waals surface area contributed by atoms with Gasteiger partial charge in [-0.3, -0.25) is 9.30 Å². The number of imidazole rings is 1. The Morgan fingerprint density at radius 2 is 1.26 bits per heavy atom. The molecule has 0 spiro atoms. The van der Waals surface area contributed by atoms with E-state index in [9.17, 15) is 0 Å². The smallest absolute Gasteiger partial charge is 0.145 e. The first-order valence-corrected chi connectivity index (χ1v) is 21.0. The van der Waals surface area contributed by atoms with Crippen LogP contribution in [0.15, 0.2) is 164 Å². The van der Waals surface area contributed by atoms with Crippen molar-refractivity contribution in [2.75, 3.05) is 4.90 Å². The second-order valence-electron chi connectivity index (χ2n) is 14.4. The molecule has 0 bridgehead atoms. The molecule has 5 heterocycles. The molecule has 0 saturated carbocycles. The van der Waals surface area contributed by atoms with Gasteiger partial charge in [-0.25, -0.2) is 9.97 Å². The normalized spacial score (nSPS) is 13.6. The van der Waals surface area contributed by atoms with Crippen molar-refractivity contribution in [1.29, 1.82) is 0 Å². The largest absolute Gasteiger partial charge is 0.457 e. The molecular formula is C46H33N5OSi. The third-order valence-corrected chi connectivity index (χ3v) is 14.5. The lowest BCUT2D eigenvalue weighted by molar-refractivity contribution is 0.483. The van der Waals surface area contributed by atoms with Crippen LogP contribution in [0, 0.1) is 0 Å². The van der Waals surface area contributed by atoms with Gasteiger partial charge in [-0.15, -0.1) is 0 Å². The highest BCUT2D eigenvalue weighted by atomic mass is 28.3. The molecule has 0 fully saturated rings. The monoisotopic (exact) mass is 699 g/mol. The Morgan fingerprint density at radius 3 is 2.13 bits per heavy atom. The average Bonchev–Trinajstić information content (AvgIpc) is 3.82. The van der Waals surface area contributed by atoms with Gasteiger partial charge in [0.2, 0.25) is 0 Å². The molecular weight excluding hydrogens is 667 g/mol. The summed E-state index contributed by atoms with van der Waals surface area (Å²) >= 11 is 0. The third-order valence-electron chi connectivity index (χ3n) is 11.0. The van der Waals surface area contributed by atoms with Crippen molar-refractivity contribution in [3.05, 3.63) is 164 Å². The van der Waals surface area contributed by atoms with Crippen LogP contribution in [0.3, 0.4) is 0 Å². The van der Waals surface area contributed by atoms with Crippen molar-refractivity contribution in [3.63, 3.8) is 0 Å². The minimum atomic E-state index is -2.17. The van der Waals surface area contributed by atoms with E-state index in [1.165, 1.54) is 37.6 Å². The van der Waals surface area contributed by atoms with Crippen molar-refractivity contribution in [3.8, 4) is 17.2 Å². The zero-order valence-corrected chi connectivity index (χ0v) is 30.2. The van der Waals surface area contributed by atoms with E-state index >= 15 is 0 Å². The zero-order valence-electron chi connectivity index (χ0n) is 29.2. The first-order chi connectivity index (χ1) is 26.0. The van der Waals surface area contributed by atoms with Crippen LogP contribution in [0.1, 0.15) is 0 Å². The van der Waals surface area contributed by atoms with Crippen LogP contribution in [-0.4, -0.2) is 27.0 Å². The number of aromatic nitrogens is 4. The molecule has 0 N–H and O–H groups in total. The summed E-state index contributed by atoms with van der Waals surface area (Å²) in [7, 11) is -2.17. The van der Waals surface area contributed by atoms with Crippen molar-refractivity contribution in [2.24, 2.45) is 0 Å². The van der Waals surface area contributed by atoms with Gasteiger partial charge < -0.3 is 9.30 Å². The molecule has 1 aliphatic heterocycles. The fourth-order valence-corrected chi connectivity index (χ4v) is 11.4. The Morgan fingerprint density at radius 1 is 0.509 bits per heavy atom. The summed E-state index contributed by atoms with van der Waals surface area (Å²) in [4.78, 5) is 12.1. The Bertz CT molecular complexity index is 3090. The van der Waals surface area contributed by atoms with Crippen molar-refractivity contribution >= 4 is 84.8 Å². The van der Waals surface area contributed by atoms with E-state index in [1.807, 2.05) is 24.7 Å². The molecule has 53 heavy (non-hydrogen) atoms. The summed E-state index contributed by atoms with van der Waals surface area (Å²) < 4.78 is 11.2. The minimum Gasteiger partial charge on any atom is -0.457 e. The number of hydrogen-bond donors (Lipinski definition) is 0. The molecule has 7 heteroatoms. The Labute approximate surface area is 306 Å². The molecule has 6 nitrogen and oxygen atoms in total. The second kappa shape index (κ2) is 11.1. The van der Waals surface area contributed by atoms with E-state index < -0.39 is 8.07 Å². The van der Waals surface area contributed by atoms with E-state index in [0.29, 0.717) is 0 Å². The maximum Gasteiger partial charge on any atom is 0.145 e. The number of ether oxygens (including phenoxy) is 1. The molecule has 1 aliphatic rings. The van der Waals surface area contributed by atoms with E-state index in [4.69, 9.17) is 14.7 Å². The predicted molar refractivity (Wildman–Crippen MR) is 220 cm³/mol. The molecule has 0 radical (unpaired) electrons. The van der Waals surface area contributed by atoms with E-state index in [1.54, 1.807) is 0 Å². The summed E-state index contributed by atoms with van der Waals surface area (Å²) in [6.07, 6.45) is 5.79. The van der Waals surface area contributed by atoms with Crippen LogP contribution in [0.2, 0.25) is 13.1 Å². The molecule has 0 saturated heterocycles. The van der Waals surface area contributed by atoms with Crippen LogP contribution in [0.25, 0.3) is 54.8 Å². The van der Waals surface area contributed by atoms with Gasteiger partial charge in [-0.1, -0.05) is 85.9 Å². The zero-order chi connectivity index (χ0) is 35.3. The van der Waals surface area contributed by atoms with Gasteiger partial charge in [-0.2, -0.15) is 0 Å². The van der Waals surface area contributed by atoms with Crippen molar-refractivity contribution in [1.82, 2.24) is 18.9 Å². The maximum absolute atomic E-state index is 6.68. The molecule has 0 atom stereocenters.